The molecule has 0 bridgehead atoms. The number of hydrogen-bond acceptors (Lipinski definition) is 4. The molecule has 0 heterocycles. The summed E-state index contributed by atoms with van der Waals surface area (Å²) in [6, 6.07) is 0. The predicted molar refractivity (Wildman–Crippen MR) is 19.9 cm³/mol. The van der Waals surface area contributed by atoms with E-state index >= 15 is 0 Å². The van der Waals surface area contributed by atoms with Crippen LogP contribution in [-0.4, -0.2) is 0 Å². The summed E-state index contributed by atoms with van der Waals surface area (Å²) in [5.74, 6) is 0. The summed E-state index contributed by atoms with van der Waals surface area (Å²) in [4.78, 5) is 0. The molecule has 0 aliphatic rings. The first-order valence-corrected chi connectivity index (χ1v) is 0.894. The van der Waals surface area contributed by atoms with E-state index in [1.54, 1.807) is 0 Å². The molecule has 42 valence electrons. The Morgan fingerprint density at radius 3 is 0.444 bits per heavy atom. The van der Waals surface area contributed by atoms with Gasteiger partial charge in [0, 0.05) is 19.5 Å². The Morgan fingerprint density at radius 1 is 0.444 bits per heavy atom. The Balaban J connectivity index is -0.00000000762. The molecule has 0 atom stereocenters. The monoisotopic (exact) mass is 168 g/mol. The SMILES string of the molecule is [C-]#N.[C-]#N.[C-]#N.[C-]#N.[Zn]. The van der Waals surface area contributed by atoms with E-state index in [1.807, 2.05) is 0 Å². The van der Waals surface area contributed by atoms with Gasteiger partial charge in [0.05, 0.1) is 0 Å². The van der Waals surface area contributed by atoms with Crippen LogP contribution in [0.4, 0.5) is 0 Å². The van der Waals surface area contributed by atoms with Crippen molar-refractivity contribution in [1.82, 2.24) is 0 Å². The molecule has 0 fully saturated rings. The quantitative estimate of drug-likeness (QED) is 0.387. The van der Waals surface area contributed by atoms with Crippen molar-refractivity contribution in [2.45, 2.75) is 0 Å². The minimum atomic E-state index is 0. The molecule has 0 aromatic carbocycles. The van der Waals surface area contributed by atoms with Gasteiger partial charge in [-0.2, -0.15) is 0 Å². The van der Waals surface area contributed by atoms with Gasteiger partial charge in [-0.25, -0.2) is 0 Å². The Hall–Kier alpha value is -1.42. The third-order valence-electron chi connectivity index (χ3n) is 0. The maximum atomic E-state index is 6.25. The van der Waals surface area contributed by atoms with Gasteiger partial charge in [-0.1, -0.05) is 0 Å². The first kappa shape index (κ1) is 49.2. The largest absolute Gasteiger partial charge is 0.512 e. The Bertz CT molecular complexity index is 55.5. The molecule has 0 aliphatic heterocycles. The van der Waals surface area contributed by atoms with Crippen LogP contribution in [-0.2, 0) is 19.5 Å². The molecular formula is C4N4Zn-4. The summed E-state index contributed by atoms with van der Waals surface area (Å²) in [5, 5.41) is 25.0. The molecule has 0 amide bonds. The number of hydrogen-bond donors (Lipinski definition) is 0. The maximum absolute atomic E-state index is 6.25. The standard InChI is InChI=1S/4CN.Zn/c4*1-2;/q4*-1;. The molecule has 0 radical (unpaired) electrons. The van der Waals surface area contributed by atoms with Crippen molar-refractivity contribution in [3.8, 4) is 0 Å². The van der Waals surface area contributed by atoms with Crippen LogP contribution in [0.2, 0.25) is 0 Å². The second-order valence-electron chi connectivity index (χ2n) is 0. The molecule has 4 nitrogen and oxygen atoms in total. The summed E-state index contributed by atoms with van der Waals surface area (Å²) in [6.45, 7) is 19.0. The van der Waals surface area contributed by atoms with Crippen molar-refractivity contribution in [3.05, 3.63) is 26.3 Å². The molecule has 5 heteroatoms. The molecule has 0 spiro atoms. The zero-order valence-electron chi connectivity index (χ0n) is 4.50. The van der Waals surface area contributed by atoms with Crippen LogP contribution in [0.5, 0.6) is 0 Å². The zero-order chi connectivity index (χ0) is 8.00. The average molecular weight is 169 g/mol. The molecule has 0 rings (SSSR count). The van der Waals surface area contributed by atoms with Gasteiger partial charge in [0.1, 0.15) is 0 Å². The van der Waals surface area contributed by atoms with Gasteiger partial charge in [0.25, 0.3) is 0 Å². The molecule has 0 aliphatic carbocycles. The predicted octanol–water partition coefficient (Wildman–Crippen LogP) is 0.383. The van der Waals surface area contributed by atoms with E-state index in [4.69, 9.17) is 47.3 Å². The minimum absolute atomic E-state index is 0. The first-order valence-electron chi connectivity index (χ1n) is 0.894. The van der Waals surface area contributed by atoms with Gasteiger partial charge < -0.3 is 47.3 Å². The van der Waals surface area contributed by atoms with E-state index in [0.29, 0.717) is 0 Å². The zero-order valence-corrected chi connectivity index (χ0v) is 7.46. The van der Waals surface area contributed by atoms with Crippen molar-refractivity contribution in [1.29, 1.82) is 21.0 Å². The van der Waals surface area contributed by atoms with Crippen LogP contribution in [0.15, 0.2) is 0 Å². The van der Waals surface area contributed by atoms with Gasteiger partial charge >= 0.3 is 0 Å². The molecule has 0 aromatic heterocycles. The molecule has 0 saturated carbocycles. The molecule has 0 N–H and O–H groups in total. The smallest absolute Gasteiger partial charge is 0 e. The molecule has 0 saturated heterocycles. The summed E-state index contributed by atoms with van der Waals surface area (Å²) in [7, 11) is 0. The van der Waals surface area contributed by atoms with E-state index in [0.717, 1.165) is 0 Å². The Kier molecular flexibility index (Phi) is 560. The third kappa shape index (κ3) is 68.9. The van der Waals surface area contributed by atoms with Gasteiger partial charge in [0.2, 0.25) is 0 Å². The molecule has 0 aromatic rings. The Morgan fingerprint density at radius 2 is 0.444 bits per heavy atom. The van der Waals surface area contributed by atoms with Crippen LogP contribution in [0.3, 0.4) is 0 Å². The van der Waals surface area contributed by atoms with E-state index < -0.39 is 0 Å². The second kappa shape index (κ2) is 102. The van der Waals surface area contributed by atoms with Gasteiger partial charge in [-0.05, 0) is 0 Å². The molecule has 9 heavy (non-hydrogen) atoms. The van der Waals surface area contributed by atoms with Crippen molar-refractivity contribution in [2.75, 3.05) is 0 Å². The fourth-order valence-corrected chi connectivity index (χ4v) is 0. The van der Waals surface area contributed by atoms with Crippen LogP contribution >= 0.6 is 0 Å². The summed E-state index contributed by atoms with van der Waals surface area (Å²) in [5.41, 5.74) is 0. The summed E-state index contributed by atoms with van der Waals surface area (Å²) < 4.78 is 0. The fraction of sp³-hybridized carbons (Fsp3) is 0. The van der Waals surface area contributed by atoms with E-state index in [1.165, 1.54) is 0 Å². The van der Waals surface area contributed by atoms with Gasteiger partial charge in [-0.3, -0.25) is 0 Å². The number of nitrogens with zero attached hydrogens (tertiary/aromatic N) is 4. The topological polar surface area (TPSA) is 95.2 Å². The second-order valence-corrected chi connectivity index (χ2v) is 0. The van der Waals surface area contributed by atoms with E-state index in [-0.39, 0.29) is 19.5 Å². The number of rotatable bonds is 0. The first-order chi connectivity index (χ1) is 4.00. The summed E-state index contributed by atoms with van der Waals surface area (Å²) in [6.07, 6.45) is 0. The maximum Gasteiger partial charge on any atom is 0 e. The van der Waals surface area contributed by atoms with Gasteiger partial charge in [0.15, 0.2) is 0 Å². The van der Waals surface area contributed by atoms with Gasteiger partial charge in [-0.15, -0.1) is 0 Å². The van der Waals surface area contributed by atoms with Crippen molar-refractivity contribution >= 4 is 0 Å². The molecule has 0 unspecified atom stereocenters. The average Bonchev–Trinajstić information content (AvgIpc) is 2.03. The van der Waals surface area contributed by atoms with Crippen LogP contribution in [0, 0.1) is 47.3 Å². The van der Waals surface area contributed by atoms with Crippen LogP contribution in [0.25, 0.3) is 0 Å². The van der Waals surface area contributed by atoms with Crippen LogP contribution < -0.4 is 0 Å². The van der Waals surface area contributed by atoms with E-state index in [9.17, 15) is 0 Å². The van der Waals surface area contributed by atoms with E-state index in [2.05, 4.69) is 0 Å². The normalized spacial score (nSPS) is 0.889. The van der Waals surface area contributed by atoms with Crippen LogP contribution in [0.1, 0.15) is 0 Å². The molecular weight excluding hydrogens is 169 g/mol. The summed E-state index contributed by atoms with van der Waals surface area (Å²) >= 11 is 0. The van der Waals surface area contributed by atoms with Crippen molar-refractivity contribution in [2.24, 2.45) is 0 Å². The fourth-order valence-electron chi connectivity index (χ4n) is 0. The Labute approximate surface area is 67.3 Å². The third-order valence-corrected chi connectivity index (χ3v) is 0. The van der Waals surface area contributed by atoms with Crippen molar-refractivity contribution < 1.29 is 19.5 Å². The minimum Gasteiger partial charge on any atom is -0.512 e. The van der Waals surface area contributed by atoms with Crippen molar-refractivity contribution in [3.63, 3.8) is 0 Å².